The lowest BCUT2D eigenvalue weighted by molar-refractivity contribution is -0.358. The van der Waals surface area contributed by atoms with Gasteiger partial charge in [-0.15, -0.1) is 0 Å². The molecule has 3 aliphatic heterocycles. The van der Waals surface area contributed by atoms with Crippen molar-refractivity contribution in [2.24, 2.45) is 0 Å². The Labute approximate surface area is 286 Å². The molecule has 0 amide bonds. The van der Waals surface area contributed by atoms with Crippen LogP contribution in [0.25, 0.3) is 22.3 Å². The van der Waals surface area contributed by atoms with Crippen LogP contribution in [0.1, 0.15) is 11.7 Å². The molecule has 0 spiro atoms. The second-order valence-corrected chi connectivity index (χ2v) is 12.5. The maximum Gasteiger partial charge on any atom is 0.229 e. The van der Waals surface area contributed by atoms with Crippen LogP contribution in [0.15, 0.2) is 45.6 Å². The number of hydrogen-bond donors (Lipinski definition) is 12. The summed E-state index contributed by atoms with van der Waals surface area (Å²) in [6.07, 6.45) is -25.1. The molecule has 3 saturated heterocycles. The molecule has 51 heavy (non-hydrogen) atoms. The second kappa shape index (κ2) is 14.8. The Kier molecular flexibility index (Phi) is 10.8. The van der Waals surface area contributed by atoms with Crippen molar-refractivity contribution in [1.29, 1.82) is 0 Å². The summed E-state index contributed by atoms with van der Waals surface area (Å²) < 4.78 is 34.4. The van der Waals surface area contributed by atoms with Gasteiger partial charge >= 0.3 is 0 Å². The first-order valence-corrected chi connectivity index (χ1v) is 15.8. The summed E-state index contributed by atoms with van der Waals surface area (Å²) in [5.74, 6) is -1.44. The molecule has 0 saturated carbocycles. The van der Waals surface area contributed by atoms with E-state index in [9.17, 15) is 66.1 Å². The summed E-state index contributed by atoms with van der Waals surface area (Å²) in [6, 6.07) is 7.69. The lowest BCUT2D eigenvalue weighted by Gasteiger charge is -2.46. The number of aliphatic hydroxyl groups excluding tert-OH is 10. The first kappa shape index (κ1) is 37.3. The van der Waals surface area contributed by atoms with Crippen molar-refractivity contribution >= 4 is 11.0 Å². The van der Waals surface area contributed by atoms with Gasteiger partial charge in [0.2, 0.25) is 6.29 Å². The number of hydrogen-bond acceptors (Lipinski definition) is 19. The van der Waals surface area contributed by atoms with Crippen LogP contribution >= 0.6 is 0 Å². The van der Waals surface area contributed by atoms with E-state index in [1.54, 1.807) is 0 Å². The Bertz CT molecular complexity index is 1730. The largest absolute Gasteiger partial charge is 0.508 e. The zero-order valence-corrected chi connectivity index (χ0v) is 26.4. The minimum Gasteiger partial charge on any atom is -0.508 e. The van der Waals surface area contributed by atoms with Crippen molar-refractivity contribution in [3.05, 3.63) is 52.2 Å². The molecule has 0 aliphatic carbocycles. The van der Waals surface area contributed by atoms with E-state index in [4.69, 9.17) is 28.1 Å². The van der Waals surface area contributed by atoms with Gasteiger partial charge in [-0.05, 0) is 24.3 Å². The first-order chi connectivity index (χ1) is 24.2. The van der Waals surface area contributed by atoms with E-state index in [-0.39, 0.29) is 17.1 Å². The fourth-order valence-corrected chi connectivity index (χ4v) is 6.25. The molecular weight excluding hydrogens is 688 g/mol. The third kappa shape index (κ3) is 6.90. The summed E-state index contributed by atoms with van der Waals surface area (Å²) in [5, 5.41) is 125. The Hall–Kier alpha value is -3.51. The number of aromatic hydroxyl groups is 2. The zero-order chi connectivity index (χ0) is 36.9. The fraction of sp³-hybridized carbons (Fsp3) is 0.531. The normalized spacial score (nSPS) is 37.4. The molecule has 1 aromatic heterocycles. The molecule has 3 fully saturated rings. The average molecular weight is 727 g/mol. The summed E-state index contributed by atoms with van der Waals surface area (Å²) in [6.45, 7) is -2.25. The Morgan fingerprint density at radius 1 is 0.725 bits per heavy atom. The smallest absolute Gasteiger partial charge is 0.229 e. The van der Waals surface area contributed by atoms with Gasteiger partial charge < -0.3 is 89.4 Å². The average Bonchev–Trinajstić information content (AvgIpc) is 3.11. The predicted molar refractivity (Wildman–Crippen MR) is 165 cm³/mol. The van der Waals surface area contributed by atoms with Gasteiger partial charge in [0.25, 0.3) is 0 Å². The number of rotatable bonds is 8. The van der Waals surface area contributed by atoms with Gasteiger partial charge in [-0.2, -0.15) is 0 Å². The molecule has 19 heteroatoms. The van der Waals surface area contributed by atoms with Crippen LogP contribution in [0.5, 0.6) is 17.2 Å². The van der Waals surface area contributed by atoms with Crippen molar-refractivity contribution in [2.75, 3.05) is 19.8 Å². The zero-order valence-electron chi connectivity index (χ0n) is 26.4. The van der Waals surface area contributed by atoms with E-state index in [0.717, 1.165) is 12.1 Å². The van der Waals surface area contributed by atoms with E-state index in [2.05, 4.69) is 0 Å². The first-order valence-electron chi connectivity index (χ1n) is 15.8. The predicted octanol–water partition coefficient (Wildman–Crippen LogP) is -3.97. The highest BCUT2D eigenvalue weighted by Gasteiger charge is 2.52. The van der Waals surface area contributed by atoms with Crippen LogP contribution in [0.4, 0.5) is 0 Å². The van der Waals surface area contributed by atoms with Crippen molar-refractivity contribution in [2.45, 2.75) is 85.8 Å². The van der Waals surface area contributed by atoms with Gasteiger partial charge in [0.15, 0.2) is 17.8 Å². The molecule has 0 unspecified atom stereocenters. The highest BCUT2D eigenvalue weighted by molar-refractivity contribution is 5.88. The molecule has 4 heterocycles. The quantitative estimate of drug-likeness (QED) is 0.105. The topological polar surface area (TPSA) is 319 Å². The van der Waals surface area contributed by atoms with Gasteiger partial charge in [0.1, 0.15) is 101 Å². The molecule has 0 radical (unpaired) electrons. The van der Waals surface area contributed by atoms with Crippen LogP contribution in [-0.2, 0) is 18.9 Å². The SMILES string of the molecule is O=c1cc(-c2ccc(O)cc2)oc2cc(O[C@@H]3O[C@H](CO)[C@@H](O)[C@H](O)[C@H]3O[C@@H]3O[C@H](CO)[C@@H](O)[C@H](O)[C@H]3O)c([C@@H]3OC[C@H](O)[C@H](O)[C@H]3O)c(O)c12. The molecule has 0 bridgehead atoms. The maximum absolute atomic E-state index is 13.4. The number of phenolic OH excluding ortho intramolecular Hbond substituents is 2. The summed E-state index contributed by atoms with van der Waals surface area (Å²) in [7, 11) is 0. The van der Waals surface area contributed by atoms with E-state index in [0.29, 0.717) is 5.56 Å². The lowest BCUT2D eigenvalue weighted by Crippen LogP contribution is -2.65. The summed E-state index contributed by atoms with van der Waals surface area (Å²) in [4.78, 5) is 13.4. The minimum absolute atomic E-state index is 0.0188. The lowest BCUT2D eigenvalue weighted by atomic mass is 9.92. The van der Waals surface area contributed by atoms with E-state index in [1.165, 1.54) is 24.3 Å². The van der Waals surface area contributed by atoms with Gasteiger partial charge in [0.05, 0.1) is 25.4 Å². The molecule has 3 aromatic rings. The van der Waals surface area contributed by atoms with Crippen LogP contribution < -0.4 is 10.2 Å². The number of fused-ring (bicyclic) bond motifs is 1. The number of benzene rings is 2. The molecule has 2 aromatic carbocycles. The van der Waals surface area contributed by atoms with E-state index < -0.39 is 134 Å². The van der Waals surface area contributed by atoms with Crippen molar-refractivity contribution in [3.8, 4) is 28.6 Å². The summed E-state index contributed by atoms with van der Waals surface area (Å²) >= 11 is 0. The highest BCUT2D eigenvalue weighted by atomic mass is 16.8. The minimum atomic E-state index is -1.99. The highest BCUT2D eigenvalue weighted by Crippen LogP contribution is 2.45. The number of ether oxygens (including phenoxy) is 5. The standard InChI is InChI=1S/C32H38O19/c33-7-17-22(39)25(42)28(45)31(49-17)51-30-27(44)23(40)18(8-34)50-32(30)48-16-6-15-19(12(36)5-14(47-15)10-1-3-11(35)4-2-10)24(41)20(16)29-26(43)21(38)13(37)9-46-29/h1-6,13,17-18,21-23,25-35,37-45H,7-9H2/t13-,17+,18+,21-,22+,23+,25-,26+,27-,28+,29-,30+,31-,32+/m0/s1. The maximum atomic E-state index is 13.4. The Morgan fingerprint density at radius 2 is 1.35 bits per heavy atom. The monoisotopic (exact) mass is 726 g/mol. The third-order valence-electron chi connectivity index (χ3n) is 9.14. The molecule has 19 nitrogen and oxygen atoms in total. The van der Waals surface area contributed by atoms with Crippen molar-refractivity contribution in [1.82, 2.24) is 0 Å². The van der Waals surface area contributed by atoms with Crippen molar-refractivity contribution < 1.29 is 89.4 Å². The second-order valence-electron chi connectivity index (χ2n) is 12.5. The van der Waals surface area contributed by atoms with Crippen LogP contribution in [-0.4, -0.2) is 161 Å². The van der Waals surface area contributed by atoms with Gasteiger partial charge in [0, 0.05) is 17.7 Å². The third-order valence-corrected chi connectivity index (χ3v) is 9.14. The molecule has 3 aliphatic rings. The fourth-order valence-electron chi connectivity index (χ4n) is 6.25. The molecule has 12 N–H and O–H groups in total. The Balaban J connectivity index is 1.46. The van der Waals surface area contributed by atoms with Gasteiger partial charge in [-0.1, -0.05) is 0 Å². The molecular formula is C32H38O19. The van der Waals surface area contributed by atoms with E-state index >= 15 is 0 Å². The molecule has 280 valence electrons. The molecule has 14 atom stereocenters. The van der Waals surface area contributed by atoms with E-state index in [1.807, 2.05) is 0 Å². The number of aliphatic hydroxyl groups is 10. The summed E-state index contributed by atoms with van der Waals surface area (Å²) in [5.41, 5.74) is -1.23. The Morgan fingerprint density at radius 3 is 2.00 bits per heavy atom. The van der Waals surface area contributed by atoms with Crippen LogP contribution in [0.2, 0.25) is 0 Å². The van der Waals surface area contributed by atoms with Gasteiger partial charge in [-0.25, -0.2) is 0 Å². The van der Waals surface area contributed by atoms with Crippen LogP contribution in [0.3, 0.4) is 0 Å². The van der Waals surface area contributed by atoms with Crippen LogP contribution in [0, 0.1) is 0 Å². The number of phenols is 2. The van der Waals surface area contributed by atoms with Gasteiger partial charge in [-0.3, -0.25) is 4.79 Å². The van der Waals surface area contributed by atoms with Crippen molar-refractivity contribution in [3.63, 3.8) is 0 Å². The molecule has 6 rings (SSSR count).